The number of nitrogens with one attached hydrogen (secondary N) is 1. The van der Waals surface area contributed by atoms with Crippen LogP contribution < -0.4 is 5.32 Å². The molecule has 0 aromatic heterocycles. The van der Waals surface area contributed by atoms with Crippen LogP contribution in [0.25, 0.3) is 0 Å². The Labute approximate surface area is 136 Å². The van der Waals surface area contributed by atoms with Gasteiger partial charge < -0.3 is 5.32 Å². The van der Waals surface area contributed by atoms with Crippen LogP contribution in [0.2, 0.25) is 0 Å². The summed E-state index contributed by atoms with van der Waals surface area (Å²) >= 11 is 0. The van der Waals surface area contributed by atoms with Crippen LogP contribution in [0.3, 0.4) is 0 Å². The summed E-state index contributed by atoms with van der Waals surface area (Å²) in [7, 11) is 0. The maximum atomic E-state index is 12.1. The molecular formula is C18H18N4O. The van der Waals surface area contributed by atoms with E-state index < -0.39 is 0 Å². The van der Waals surface area contributed by atoms with Crippen molar-refractivity contribution in [3.05, 3.63) is 60.4 Å². The molecule has 1 aromatic rings. The molecule has 0 saturated heterocycles. The Morgan fingerprint density at radius 1 is 1.17 bits per heavy atom. The zero-order valence-corrected chi connectivity index (χ0v) is 13.2. The molecule has 5 heteroatoms. The van der Waals surface area contributed by atoms with Gasteiger partial charge in [-0.05, 0) is 44.1 Å². The van der Waals surface area contributed by atoms with Crippen LogP contribution >= 0.6 is 0 Å². The predicted molar refractivity (Wildman–Crippen MR) is 90.2 cm³/mol. The van der Waals surface area contributed by atoms with Gasteiger partial charge in [0.2, 0.25) is 0 Å². The van der Waals surface area contributed by atoms with E-state index in [9.17, 15) is 4.79 Å². The third kappa shape index (κ3) is 3.61. The molecule has 0 atom stereocenters. The largest absolute Gasteiger partial charge is 0.341 e. The lowest BCUT2D eigenvalue weighted by molar-refractivity contribution is 0.0936. The number of urea groups is 1. The average Bonchev–Trinajstić information content (AvgIpc) is 2.54. The highest BCUT2D eigenvalue weighted by molar-refractivity contribution is 6.09. The zero-order valence-electron chi connectivity index (χ0n) is 13.2. The number of nitrogens with zero attached hydrogens (tertiary/aromatic N) is 3. The van der Waals surface area contributed by atoms with Crippen LogP contribution in [0.5, 0.6) is 0 Å². The maximum Gasteiger partial charge on any atom is 0.341 e. The Hall–Kier alpha value is -3.00. The van der Waals surface area contributed by atoms with E-state index in [2.05, 4.69) is 22.2 Å². The summed E-state index contributed by atoms with van der Waals surface area (Å²) in [6.07, 6.45) is 7.32. The molecule has 5 nitrogen and oxygen atoms in total. The summed E-state index contributed by atoms with van der Waals surface area (Å²) in [5, 5.41) is 6.15. The number of hydrazine groups is 1. The van der Waals surface area contributed by atoms with E-state index in [0.29, 0.717) is 12.4 Å². The van der Waals surface area contributed by atoms with Crippen LogP contribution in [0, 0.1) is 11.8 Å². The average molecular weight is 306 g/mol. The first-order valence-electron chi connectivity index (χ1n) is 7.40. The molecule has 0 unspecified atom stereocenters. The molecule has 1 N–H and O–H groups in total. The lowest BCUT2D eigenvalue weighted by atomic mass is 10.1. The van der Waals surface area contributed by atoms with E-state index in [1.165, 1.54) is 5.01 Å². The third-order valence-corrected chi connectivity index (χ3v) is 3.45. The van der Waals surface area contributed by atoms with Crippen LogP contribution in [-0.4, -0.2) is 34.0 Å². The number of carbonyl (C=O) groups excluding carboxylic acids is 1. The van der Waals surface area contributed by atoms with E-state index in [1.54, 1.807) is 17.3 Å². The maximum absolute atomic E-state index is 12.1. The smallest absolute Gasteiger partial charge is 0.328 e. The summed E-state index contributed by atoms with van der Waals surface area (Å²) in [5.41, 5.74) is 1.32. The van der Waals surface area contributed by atoms with Gasteiger partial charge in [0.1, 0.15) is 12.4 Å². The Kier molecular flexibility index (Phi) is 3.90. The molecule has 0 fully saturated rings. The second-order valence-electron chi connectivity index (χ2n) is 5.87. The molecule has 1 aromatic carbocycles. The summed E-state index contributed by atoms with van der Waals surface area (Å²) in [4.78, 5) is 16.5. The van der Waals surface area contributed by atoms with Gasteiger partial charge in [-0.3, -0.25) is 10.0 Å². The van der Waals surface area contributed by atoms with Gasteiger partial charge in [-0.2, -0.15) is 0 Å². The number of hydrogen-bond acceptors (Lipinski definition) is 3. The highest BCUT2D eigenvalue weighted by Crippen LogP contribution is 2.15. The van der Waals surface area contributed by atoms with Crippen molar-refractivity contribution in [1.82, 2.24) is 15.3 Å². The molecule has 2 aliphatic heterocycles. The highest BCUT2D eigenvalue weighted by Gasteiger charge is 2.28. The molecule has 2 heterocycles. The summed E-state index contributed by atoms with van der Waals surface area (Å²) < 4.78 is 0. The molecule has 3 rings (SSSR count). The fraction of sp³-hybridized carbons (Fsp3) is 0.222. The quantitative estimate of drug-likeness (QED) is 0.810. The van der Waals surface area contributed by atoms with E-state index in [1.807, 2.05) is 56.5 Å². The van der Waals surface area contributed by atoms with E-state index in [4.69, 9.17) is 0 Å². The second-order valence-corrected chi connectivity index (χ2v) is 5.87. The number of carbonyl (C=O) groups is 1. The number of hydrogen-bond donors (Lipinski definition) is 1. The third-order valence-electron chi connectivity index (χ3n) is 3.45. The van der Waals surface area contributed by atoms with E-state index in [-0.39, 0.29) is 11.6 Å². The first-order chi connectivity index (χ1) is 11.0. The normalized spacial score (nSPS) is 18.9. The lowest BCUT2D eigenvalue weighted by Crippen LogP contribution is -2.55. The van der Waals surface area contributed by atoms with Gasteiger partial charge in [0.15, 0.2) is 0 Å². The topological polar surface area (TPSA) is 47.9 Å². The van der Waals surface area contributed by atoms with Crippen molar-refractivity contribution in [2.24, 2.45) is 4.99 Å². The minimum absolute atomic E-state index is 0.170. The van der Waals surface area contributed by atoms with E-state index >= 15 is 0 Å². The molecule has 23 heavy (non-hydrogen) atoms. The fourth-order valence-corrected chi connectivity index (χ4v) is 2.19. The molecule has 0 saturated carbocycles. The predicted octanol–water partition coefficient (Wildman–Crippen LogP) is 2.50. The Balaban J connectivity index is 1.67. The van der Waals surface area contributed by atoms with Gasteiger partial charge >= 0.3 is 6.03 Å². The van der Waals surface area contributed by atoms with Gasteiger partial charge in [-0.15, -0.1) is 0 Å². The monoisotopic (exact) mass is 306 g/mol. The van der Waals surface area contributed by atoms with Crippen molar-refractivity contribution < 1.29 is 4.79 Å². The molecule has 0 spiro atoms. The number of aliphatic imine (C=N–C) groups is 1. The number of allylic oxidation sites excluding steroid dienone is 1. The molecule has 2 amide bonds. The van der Waals surface area contributed by atoms with Crippen molar-refractivity contribution >= 4 is 11.7 Å². The standard InChI is InChI=1S/C18H18N4O/c1-18(2)11-13-22(17(23)20-18)21-12-10-16(19-14-21)9-8-15-6-4-3-5-7-15/h3-7,10-13H,14H2,1-2H3,(H,20,23). The summed E-state index contributed by atoms with van der Waals surface area (Å²) in [6.45, 7) is 4.24. The van der Waals surface area contributed by atoms with Gasteiger partial charge in [-0.1, -0.05) is 24.1 Å². The molecule has 0 aliphatic carbocycles. The van der Waals surface area contributed by atoms with Crippen molar-refractivity contribution in [3.63, 3.8) is 0 Å². The molecule has 2 aliphatic rings. The van der Waals surface area contributed by atoms with Crippen LogP contribution in [-0.2, 0) is 0 Å². The SMILES string of the molecule is CC1(C)C=CN(N2C=CC(C#Cc3ccccc3)=NC2)C(=O)N1. The van der Waals surface area contributed by atoms with Crippen molar-refractivity contribution in [2.75, 3.05) is 6.67 Å². The van der Waals surface area contributed by atoms with Gasteiger partial charge in [0.05, 0.1) is 5.54 Å². The summed E-state index contributed by atoms with van der Waals surface area (Å²) in [6, 6.07) is 9.60. The first kappa shape index (κ1) is 14.9. The molecule has 0 radical (unpaired) electrons. The number of benzene rings is 1. The lowest BCUT2D eigenvalue weighted by Gasteiger charge is -2.37. The molecule has 0 bridgehead atoms. The van der Waals surface area contributed by atoms with E-state index in [0.717, 1.165) is 5.56 Å². The Morgan fingerprint density at radius 2 is 1.96 bits per heavy atom. The van der Waals surface area contributed by atoms with Gasteiger partial charge in [0.25, 0.3) is 0 Å². The van der Waals surface area contributed by atoms with Crippen molar-refractivity contribution in [3.8, 4) is 11.8 Å². The molecular weight excluding hydrogens is 288 g/mol. The second kappa shape index (κ2) is 6.01. The minimum Gasteiger partial charge on any atom is -0.328 e. The van der Waals surface area contributed by atoms with Gasteiger partial charge in [-0.25, -0.2) is 9.80 Å². The van der Waals surface area contributed by atoms with Crippen LogP contribution in [0.4, 0.5) is 4.79 Å². The van der Waals surface area contributed by atoms with Crippen molar-refractivity contribution in [2.45, 2.75) is 19.4 Å². The Morgan fingerprint density at radius 3 is 2.61 bits per heavy atom. The zero-order chi connectivity index (χ0) is 16.3. The summed E-state index contributed by atoms with van der Waals surface area (Å²) in [5.74, 6) is 6.11. The fourth-order valence-electron chi connectivity index (χ4n) is 2.19. The minimum atomic E-state index is -0.331. The number of amides is 2. The highest BCUT2D eigenvalue weighted by atomic mass is 16.2. The van der Waals surface area contributed by atoms with Crippen molar-refractivity contribution in [1.29, 1.82) is 0 Å². The van der Waals surface area contributed by atoms with Crippen LogP contribution in [0.1, 0.15) is 19.4 Å². The Bertz CT molecular complexity index is 750. The van der Waals surface area contributed by atoms with Gasteiger partial charge in [0, 0.05) is 18.0 Å². The van der Waals surface area contributed by atoms with Crippen LogP contribution in [0.15, 0.2) is 59.9 Å². The number of rotatable bonds is 1. The first-order valence-corrected chi connectivity index (χ1v) is 7.40. The molecule has 116 valence electrons.